The third kappa shape index (κ3) is 2.89. The number of hydrogen-bond donors (Lipinski definition) is 1. The van der Waals surface area contributed by atoms with Gasteiger partial charge in [0.25, 0.3) is 5.91 Å². The van der Waals surface area contributed by atoms with Gasteiger partial charge in [0, 0.05) is 5.02 Å². The Kier molecular flexibility index (Phi) is 3.73. The number of halogens is 3. The van der Waals surface area contributed by atoms with E-state index in [2.05, 4.69) is 10.3 Å². The van der Waals surface area contributed by atoms with Gasteiger partial charge in [0.2, 0.25) is 0 Å². The van der Waals surface area contributed by atoms with E-state index in [-0.39, 0.29) is 17.1 Å². The van der Waals surface area contributed by atoms with Crippen LogP contribution in [0.4, 0.5) is 8.78 Å². The maximum atomic E-state index is 13.7. The number of amidine groups is 1. The van der Waals surface area contributed by atoms with Crippen molar-refractivity contribution in [2.75, 3.05) is 0 Å². The van der Waals surface area contributed by atoms with Crippen molar-refractivity contribution in [3.63, 3.8) is 0 Å². The number of benzene rings is 2. The Morgan fingerprint density at radius 3 is 2.73 bits per heavy atom. The van der Waals surface area contributed by atoms with Gasteiger partial charge in [-0.25, -0.2) is 13.8 Å². The Balaban J connectivity index is 2.00. The molecule has 3 rings (SSSR count). The van der Waals surface area contributed by atoms with Crippen molar-refractivity contribution in [3.8, 4) is 0 Å². The second-order valence-corrected chi connectivity index (χ2v) is 5.06. The average molecular weight is 319 g/mol. The number of aliphatic imine (C=N–C) groups is 1. The van der Waals surface area contributed by atoms with Gasteiger partial charge in [0.15, 0.2) is 0 Å². The summed E-state index contributed by atoms with van der Waals surface area (Å²) in [7, 11) is 0. The van der Waals surface area contributed by atoms with E-state index in [9.17, 15) is 13.6 Å². The first-order valence-corrected chi connectivity index (χ1v) is 6.73. The largest absolute Gasteiger partial charge is 0.305 e. The summed E-state index contributed by atoms with van der Waals surface area (Å²) in [6.07, 6.45) is 1.52. The zero-order valence-electron chi connectivity index (χ0n) is 11.1. The molecule has 0 unspecified atom stereocenters. The first-order valence-electron chi connectivity index (χ1n) is 6.36. The van der Waals surface area contributed by atoms with Crippen molar-refractivity contribution < 1.29 is 13.6 Å². The minimum Gasteiger partial charge on any atom is -0.305 e. The smallest absolute Gasteiger partial charge is 0.275 e. The first-order chi connectivity index (χ1) is 10.5. The normalized spacial score (nSPS) is 15.9. The molecule has 3 nitrogen and oxygen atoms in total. The Morgan fingerprint density at radius 2 is 1.95 bits per heavy atom. The second kappa shape index (κ2) is 5.69. The van der Waals surface area contributed by atoms with E-state index in [4.69, 9.17) is 11.6 Å². The minimum atomic E-state index is -0.663. The molecular weight excluding hydrogens is 310 g/mol. The Labute approximate surface area is 129 Å². The van der Waals surface area contributed by atoms with Gasteiger partial charge < -0.3 is 5.32 Å². The number of amides is 1. The monoisotopic (exact) mass is 318 g/mol. The summed E-state index contributed by atoms with van der Waals surface area (Å²) in [6.45, 7) is 0. The van der Waals surface area contributed by atoms with Crippen LogP contribution in [0.5, 0.6) is 0 Å². The summed E-state index contributed by atoms with van der Waals surface area (Å²) in [5.74, 6) is -1.78. The second-order valence-electron chi connectivity index (χ2n) is 4.62. The number of carbonyl (C=O) groups is 1. The molecule has 0 aromatic heterocycles. The fraction of sp³-hybridized carbons (Fsp3) is 0. The molecule has 0 fully saturated rings. The summed E-state index contributed by atoms with van der Waals surface area (Å²) in [6, 6.07) is 9.82. The molecule has 0 bridgehead atoms. The van der Waals surface area contributed by atoms with Gasteiger partial charge in [-0.3, -0.25) is 4.79 Å². The number of hydrogen-bond acceptors (Lipinski definition) is 2. The molecule has 1 amide bonds. The van der Waals surface area contributed by atoms with Crippen molar-refractivity contribution in [1.29, 1.82) is 0 Å². The van der Waals surface area contributed by atoms with Crippen LogP contribution in [0.25, 0.3) is 6.08 Å². The van der Waals surface area contributed by atoms with Crippen LogP contribution in [-0.2, 0) is 4.79 Å². The number of rotatable bonds is 2. The van der Waals surface area contributed by atoms with Gasteiger partial charge in [0.05, 0.1) is 5.56 Å². The summed E-state index contributed by atoms with van der Waals surface area (Å²) < 4.78 is 26.9. The molecule has 1 N–H and O–H groups in total. The highest BCUT2D eigenvalue weighted by atomic mass is 35.5. The van der Waals surface area contributed by atoms with Crippen molar-refractivity contribution in [2.24, 2.45) is 4.99 Å². The molecule has 110 valence electrons. The molecule has 1 aliphatic rings. The van der Waals surface area contributed by atoms with Crippen molar-refractivity contribution in [1.82, 2.24) is 5.32 Å². The van der Waals surface area contributed by atoms with Crippen LogP contribution >= 0.6 is 11.6 Å². The van der Waals surface area contributed by atoms with Crippen LogP contribution in [0.2, 0.25) is 5.02 Å². The minimum absolute atomic E-state index is 0.0183. The molecule has 1 aliphatic heterocycles. The molecular formula is C16H9ClF2N2O. The summed E-state index contributed by atoms with van der Waals surface area (Å²) in [5, 5.41) is 2.95. The van der Waals surface area contributed by atoms with E-state index < -0.39 is 17.5 Å². The highest BCUT2D eigenvalue weighted by Crippen LogP contribution is 2.19. The maximum Gasteiger partial charge on any atom is 0.275 e. The quantitative estimate of drug-likeness (QED) is 0.846. The Bertz CT molecular complexity index is 831. The SMILES string of the molecule is O=C1NC(c2cc(F)ccc2F)=NC1=Cc1cccc(Cl)c1. The highest BCUT2D eigenvalue weighted by molar-refractivity contribution is 6.30. The summed E-state index contributed by atoms with van der Waals surface area (Å²) >= 11 is 5.87. The van der Waals surface area contributed by atoms with Gasteiger partial charge in [-0.05, 0) is 42.0 Å². The molecule has 2 aromatic carbocycles. The van der Waals surface area contributed by atoms with E-state index in [0.29, 0.717) is 10.6 Å². The molecule has 0 aliphatic carbocycles. The van der Waals surface area contributed by atoms with Crippen LogP contribution < -0.4 is 5.32 Å². The third-order valence-corrected chi connectivity index (χ3v) is 3.27. The van der Waals surface area contributed by atoms with Crippen molar-refractivity contribution in [2.45, 2.75) is 0 Å². The predicted molar refractivity (Wildman–Crippen MR) is 80.5 cm³/mol. The predicted octanol–water partition coefficient (Wildman–Crippen LogP) is 3.54. The van der Waals surface area contributed by atoms with Gasteiger partial charge in [-0.1, -0.05) is 23.7 Å². The van der Waals surface area contributed by atoms with Crippen LogP contribution in [0, 0.1) is 11.6 Å². The lowest BCUT2D eigenvalue weighted by Crippen LogP contribution is -2.25. The fourth-order valence-corrected chi connectivity index (χ4v) is 2.23. The topological polar surface area (TPSA) is 41.5 Å². The lowest BCUT2D eigenvalue weighted by molar-refractivity contribution is -0.115. The molecule has 0 saturated carbocycles. The van der Waals surface area contributed by atoms with Crippen LogP contribution in [0.3, 0.4) is 0 Å². The Hall–Kier alpha value is -2.53. The molecule has 1 heterocycles. The zero-order chi connectivity index (χ0) is 15.7. The summed E-state index contributed by atoms with van der Waals surface area (Å²) in [4.78, 5) is 15.9. The van der Waals surface area contributed by atoms with E-state index in [1.54, 1.807) is 24.3 Å². The van der Waals surface area contributed by atoms with E-state index in [1.165, 1.54) is 6.08 Å². The van der Waals surface area contributed by atoms with Crippen LogP contribution in [0.15, 0.2) is 53.2 Å². The van der Waals surface area contributed by atoms with Gasteiger partial charge in [-0.15, -0.1) is 0 Å². The van der Waals surface area contributed by atoms with Crippen molar-refractivity contribution in [3.05, 3.63) is 75.9 Å². The van der Waals surface area contributed by atoms with E-state index >= 15 is 0 Å². The highest BCUT2D eigenvalue weighted by Gasteiger charge is 2.23. The van der Waals surface area contributed by atoms with Gasteiger partial charge in [-0.2, -0.15) is 0 Å². The molecule has 2 aromatic rings. The van der Waals surface area contributed by atoms with Gasteiger partial charge in [0.1, 0.15) is 23.2 Å². The lowest BCUT2D eigenvalue weighted by atomic mass is 10.2. The molecule has 0 spiro atoms. The van der Waals surface area contributed by atoms with Crippen molar-refractivity contribution >= 4 is 29.4 Å². The first kappa shape index (κ1) is 14.4. The number of nitrogens with one attached hydrogen (secondary N) is 1. The summed E-state index contributed by atoms with van der Waals surface area (Å²) in [5.41, 5.74) is 0.686. The molecule has 0 saturated heterocycles. The van der Waals surface area contributed by atoms with Gasteiger partial charge >= 0.3 is 0 Å². The lowest BCUT2D eigenvalue weighted by Gasteiger charge is -2.02. The number of carbonyl (C=O) groups excluding carboxylic acids is 1. The van der Waals surface area contributed by atoms with Crippen LogP contribution in [0.1, 0.15) is 11.1 Å². The zero-order valence-corrected chi connectivity index (χ0v) is 11.9. The average Bonchev–Trinajstić information content (AvgIpc) is 2.83. The van der Waals surface area contributed by atoms with E-state index in [1.807, 2.05) is 0 Å². The molecule has 6 heteroatoms. The molecule has 0 atom stereocenters. The fourth-order valence-electron chi connectivity index (χ4n) is 2.03. The molecule has 0 radical (unpaired) electrons. The maximum absolute atomic E-state index is 13.7. The van der Waals surface area contributed by atoms with E-state index in [0.717, 1.165) is 18.2 Å². The standard InChI is InChI=1S/C16H9ClF2N2O/c17-10-3-1-2-9(6-10)7-14-16(22)21-15(20-14)12-8-11(18)4-5-13(12)19/h1-8H,(H,20,21,22). The molecule has 22 heavy (non-hydrogen) atoms. The Morgan fingerprint density at radius 1 is 1.14 bits per heavy atom. The number of nitrogens with zero attached hydrogens (tertiary/aromatic N) is 1. The van der Waals surface area contributed by atoms with Crippen LogP contribution in [-0.4, -0.2) is 11.7 Å². The third-order valence-electron chi connectivity index (χ3n) is 3.03.